The van der Waals surface area contributed by atoms with Crippen molar-refractivity contribution in [2.24, 2.45) is 0 Å². The number of nitrogens with one attached hydrogen (secondary N) is 2. The van der Waals surface area contributed by atoms with Gasteiger partial charge in [-0.1, -0.05) is 72.3 Å². The van der Waals surface area contributed by atoms with Gasteiger partial charge in [0.2, 0.25) is 17.7 Å². The molecule has 1 aliphatic heterocycles. The van der Waals surface area contributed by atoms with Crippen LogP contribution in [0.3, 0.4) is 0 Å². The maximum Gasteiger partial charge on any atom is 0.244 e. The van der Waals surface area contributed by atoms with Gasteiger partial charge in [0.05, 0.1) is 17.4 Å². The van der Waals surface area contributed by atoms with Crippen molar-refractivity contribution in [2.45, 2.75) is 25.8 Å². The molecule has 3 aromatic rings. The number of para-hydroxylation sites is 2. The number of rotatable bonds is 6. The fraction of sp³-hybridized carbons (Fsp3) is 0.192. The van der Waals surface area contributed by atoms with Crippen molar-refractivity contribution < 1.29 is 14.4 Å². The van der Waals surface area contributed by atoms with Gasteiger partial charge in [0, 0.05) is 12.8 Å². The quantitative estimate of drug-likeness (QED) is 0.625. The summed E-state index contributed by atoms with van der Waals surface area (Å²) in [6, 6.07) is 24.6. The molecule has 0 fully saturated rings. The first-order valence-corrected chi connectivity index (χ1v) is 10.6. The van der Waals surface area contributed by atoms with E-state index in [4.69, 9.17) is 0 Å². The summed E-state index contributed by atoms with van der Waals surface area (Å²) in [5, 5.41) is 5.83. The zero-order valence-electron chi connectivity index (χ0n) is 17.9. The molecule has 6 nitrogen and oxygen atoms in total. The number of nitrogens with zero attached hydrogens (tertiary/aromatic N) is 1. The zero-order chi connectivity index (χ0) is 22.5. The molecule has 1 atom stereocenters. The number of carbonyl (C=O) groups is 3. The van der Waals surface area contributed by atoms with E-state index in [-0.39, 0.29) is 43.1 Å². The van der Waals surface area contributed by atoms with Gasteiger partial charge in [0.1, 0.15) is 6.54 Å². The van der Waals surface area contributed by atoms with Crippen LogP contribution in [0.4, 0.5) is 11.4 Å². The fourth-order valence-electron chi connectivity index (χ4n) is 3.81. The third-order valence-electron chi connectivity index (χ3n) is 5.49. The van der Waals surface area contributed by atoms with Crippen molar-refractivity contribution in [1.29, 1.82) is 0 Å². The zero-order valence-corrected chi connectivity index (χ0v) is 17.9. The van der Waals surface area contributed by atoms with Gasteiger partial charge in [0.25, 0.3) is 0 Å². The summed E-state index contributed by atoms with van der Waals surface area (Å²) in [5.74, 6) is -0.721. The average molecular weight is 428 g/mol. The lowest BCUT2D eigenvalue weighted by atomic mass is 9.97. The predicted octanol–water partition coefficient (Wildman–Crippen LogP) is 3.97. The molecule has 0 saturated carbocycles. The molecule has 32 heavy (non-hydrogen) atoms. The Labute approximate surface area is 187 Å². The third-order valence-corrected chi connectivity index (χ3v) is 5.49. The van der Waals surface area contributed by atoms with Crippen molar-refractivity contribution in [3.8, 4) is 0 Å². The monoisotopic (exact) mass is 427 g/mol. The molecule has 0 saturated heterocycles. The van der Waals surface area contributed by atoms with Crippen molar-refractivity contribution >= 4 is 29.1 Å². The molecule has 2 N–H and O–H groups in total. The van der Waals surface area contributed by atoms with Crippen LogP contribution < -0.4 is 15.5 Å². The summed E-state index contributed by atoms with van der Waals surface area (Å²) in [7, 11) is 0. The smallest absolute Gasteiger partial charge is 0.244 e. The Bertz CT molecular complexity index is 1130. The van der Waals surface area contributed by atoms with Crippen LogP contribution in [0.1, 0.15) is 35.6 Å². The molecule has 1 aliphatic rings. The molecular weight excluding hydrogens is 402 g/mol. The molecule has 0 aliphatic carbocycles. The van der Waals surface area contributed by atoms with E-state index < -0.39 is 0 Å². The molecule has 1 heterocycles. The van der Waals surface area contributed by atoms with E-state index in [0.717, 1.165) is 16.7 Å². The van der Waals surface area contributed by atoms with Crippen molar-refractivity contribution in [3.63, 3.8) is 0 Å². The Morgan fingerprint density at radius 3 is 2.31 bits per heavy atom. The molecule has 0 unspecified atom stereocenters. The van der Waals surface area contributed by atoms with Gasteiger partial charge in [-0.15, -0.1) is 0 Å². The molecule has 3 aromatic carbocycles. The Hall–Kier alpha value is -3.93. The van der Waals surface area contributed by atoms with E-state index in [1.165, 1.54) is 4.90 Å². The van der Waals surface area contributed by atoms with Crippen LogP contribution in [0.15, 0.2) is 78.9 Å². The third kappa shape index (κ3) is 4.86. The van der Waals surface area contributed by atoms with Crippen LogP contribution in [0.5, 0.6) is 0 Å². The van der Waals surface area contributed by atoms with E-state index in [1.807, 2.05) is 67.6 Å². The van der Waals surface area contributed by atoms with Crippen molar-refractivity contribution in [3.05, 3.63) is 95.6 Å². The van der Waals surface area contributed by atoms with Crippen LogP contribution in [0, 0.1) is 6.92 Å². The van der Waals surface area contributed by atoms with Crippen LogP contribution in [-0.4, -0.2) is 24.3 Å². The molecule has 0 radical (unpaired) electrons. The maximum absolute atomic E-state index is 12.8. The highest BCUT2D eigenvalue weighted by Gasteiger charge is 2.27. The molecule has 6 heteroatoms. The van der Waals surface area contributed by atoms with Gasteiger partial charge in [0.15, 0.2) is 0 Å². The number of amides is 3. The number of fused-ring (bicyclic) bond motifs is 1. The van der Waals surface area contributed by atoms with Crippen molar-refractivity contribution in [2.75, 3.05) is 16.8 Å². The highest BCUT2D eigenvalue weighted by atomic mass is 16.2. The van der Waals surface area contributed by atoms with E-state index in [2.05, 4.69) is 10.6 Å². The summed E-state index contributed by atoms with van der Waals surface area (Å²) in [6.45, 7) is 1.97. The summed E-state index contributed by atoms with van der Waals surface area (Å²) in [5.41, 5.74) is 4.34. The largest absolute Gasteiger partial charge is 0.345 e. The number of hydrogen-bond donors (Lipinski definition) is 2. The number of hydrogen-bond acceptors (Lipinski definition) is 3. The first-order chi connectivity index (χ1) is 15.5. The predicted molar refractivity (Wildman–Crippen MR) is 124 cm³/mol. The Morgan fingerprint density at radius 1 is 0.906 bits per heavy atom. The topological polar surface area (TPSA) is 78.5 Å². The van der Waals surface area contributed by atoms with Gasteiger partial charge in [-0.25, -0.2) is 0 Å². The number of aryl methyl sites for hydroxylation is 1. The molecular formula is C26H25N3O3. The Balaban J connectivity index is 1.44. The van der Waals surface area contributed by atoms with Gasteiger partial charge in [-0.2, -0.15) is 0 Å². The summed E-state index contributed by atoms with van der Waals surface area (Å²) in [6.07, 6.45) is 0.0527. The molecule has 162 valence electrons. The lowest BCUT2D eigenvalue weighted by molar-refractivity contribution is -0.126. The number of anilines is 2. The Kier molecular flexibility index (Phi) is 6.31. The van der Waals surface area contributed by atoms with E-state index in [1.54, 1.807) is 18.2 Å². The molecule has 3 amide bonds. The molecule has 0 aromatic heterocycles. The number of carbonyl (C=O) groups excluding carboxylic acids is 3. The summed E-state index contributed by atoms with van der Waals surface area (Å²) >= 11 is 0. The lowest BCUT2D eigenvalue weighted by Crippen LogP contribution is -2.42. The SMILES string of the molecule is Cc1ccc([C@@H](NC(=O)CCC(=O)N2CC(=O)Nc3ccccc32)c2ccccc2)cc1. The molecule has 4 rings (SSSR count). The van der Waals surface area contributed by atoms with E-state index in [0.29, 0.717) is 11.4 Å². The lowest BCUT2D eigenvalue weighted by Gasteiger charge is -2.29. The second-order valence-electron chi connectivity index (χ2n) is 7.87. The normalized spacial score (nSPS) is 13.7. The van der Waals surface area contributed by atoms with Gasteiger partial charge < -0.3 is 15.5 Å². The molecule has 0 spiro atoms. The highest BCUT2D eigenvalue weighted by Crippen LogP contribution is 2.29. The van der Waals surface area contributed by atoms with Crippen LogP contribution in [-0.2, 0) is 14.4 Å². The minimum Gasteiger partial charge on any atom is -0.345 e. The maximum atomic E-state index is 12.8. The summed E-state index contributed by atoms with van der Waals surface area (Å²) < 4.78 is 0. The minimum atomic E-state index is -0.305. The minimum absolute atomic E-state index is 0.0167. The van der Waals surface area contributed by atoms with Crippen molar-refractivity contribution in [1.82, 2.24) is 5.32 Å². The standard InChI is InChI=1S/C26H25N3O3/c1-18-11-13-20(14-12-18)26(19-7-3-2-4-8-19)28-23(30)15-16-25(32)29-17-24(31)27-21-9-5-6-10-22(21)29/h2-14,26H,15-17H2,1H3,(H,27,31)(H,28,30)/t26-/m0/s1. The van der Waals surface area contributed by atoms with Crippen LogP contribution in [0.2, 0.25) is 0 Å². The Morgan fingerprint density at radius 2 is 1.56 bits per heavy atom. The fourth-order valence-corrected chi connectivity index (χ4v) is 3.81. The van der Waals surface area contributed by atoms with E-state index in [9.17, 15) is 14.4 Å². The first kappa shape index (κ1) is 21.3. The second kappa shape index (κ2) is 9.47. The van der Waals surface area contributed by atoms with Gasteiger partial charge >= 0.3 is 0 Å². The number of benzene rings is 3. The average Bonchev–Trinajstić information content (AvgIpc) is 2.81. The van der Waals surface area contributed by atoms with Gasteiger partial charge in [-0.3, -0.25) is 14.4 Å². The molecule has 0 bridgehead atoms. The second-order valence-corrected chi connectivity index (χ2v) is 7.87. The van der Waals surface area contributed by atoms with E-state index >= 15 is 0 Å². The summed E-state index contributed by atoms with van der Waals surface area (Å²) in [4.78, 5) is 39.1. The van der Waals surface area contributed by atoms with Gasteiger partial charge in [-0.05, 0) is 30.2 Å². The van der Waals surface area contributed by atoms with Crippen LogP contribution in [0.25, 0.3) is 0 Å². The highest BCUT2D eigenvalue weighted by molar-refractivity contribution is 6.10. The first-order valence-electron chi connectivity index (χ1n) is 10.6. The van der Waals surface area contributed by atoms with Crippen LogP contribution >= 0.6 is 0 Å².